The maximum Gasteiger partial charge on any atom is 0.0388 e. The molecule has 0 atom stereocenters. The molecule has 1 rings (SSSR count). The van der Waals surface area contributed by atoms with E-state index in [1.54, 1.807) is 0 Å². The fourth-order valence-electron chi connectivity index (χ4n) is 1.32. The molecule has 1 aliphatic rings. The summed E-state index contributed by atoms with van der Waals surface area (Å²) in [5.41, 5.74) is 1.71. The summed E-state index contributed by atoms with van der Waals surface area (Å²) in [6, 6.07) is 0. The third kappa shape index (κ3) is 1.59. The SMILES string of the molecule is CC1=NCCCCC1(C)C. The number of hydrogen-bond donors (Lipinski definition) is 0. The molecule has 10 heavy (non-hydrogen) atoms. The first-order valence-electron chi connectivity index (χ1n) is 4.14. The van der Waals surface area contributed by atoms with Crippen molar-refractivity contribution in [1.82, 2.24) is 0 Å². The molecule has 0 fully saturated rings. The van der Waals surface area contributed by atoms with Gasteiger partial charge in [-0.3, -0.25) is 4.99 Å². The molecule has 0 aromatic heterocycles. The van der Waals surface area contributed by atoms with E-state index in [9.17, 15) is 0 Å². The lowest BCUT2D eigenvalue weighted by Gasteiger charge is -2.22. The van der Waals surface area contributed by atoms with Crippen molar-refractivity contribution in [3.8, 4) is 0 Å². The fourth-order valence-corrected chi connectivity index (χ4v) is 1.32. The second-order valence-corrected chi connectivity index (χ2v) is 3.81. The van der Waals surface area contributed by atoms with Crippen LogP contribution in [0.15, 0.2) is 4.99 Å². The van der Waals surface area contributed by atoms with Gasteiger partial charge < -0.3 is 0 Å². The van der Waals surface area contributed by atoms with Crippen LogP contribution in [0.2, 0.25) is 0 Å². The average Bonchev–Trinajstić information content (AvgIpc) is 1.96. The van der Waals surface area contributed by atoms with Crippen molar-refractivity contribution in [2.45, 2.75) is 40.0 Å². The third-order valence-electron chi connectivity index (χ3n) is 2.54. The topological polar surface area (TPSA) is 12.4 Å². The molecule has 0 bridgehead atoms. The maximum atomic E-state index is 4.49. The van der Waals surface area contributed by atoms with E-state index >= 15 is 0 Å². The van der Waals surface area contributed by atoms with Gasteiger partial charge in [0.05, 0.1) is 0 Å². The lowest BCUT2D eigenvalue weighted by Crippen LogP contribution is -2.20. The van der Waals surface area contributed by atoms with E-state index in [0.717, 1.165) is 6.54 Å². The summed E-state index contributed by atoms with van der Waals surface area (Å²) in [6.07, 6.45) is 3.93. The van der Waals surface area contributed by atoms with E-state index in [0.29, 0.717) is 5.41 Å². The summed E-state index contributed by atoms with van der Waals surface area (Å²) >= 11 is 0. The van der Waals surface area contributed by atoms with Crippen LogP contribution in [0.4, 0.5) is 0 Å². The molecule has 0 aliphatic carbocycles. The molecule has 0 spiro atoms. The van der Waals surface area contributed by atoms with Crippen molar-refractivity contribution in [2.24, 2.45) is 10.4 Å². The number of hydrogen-bond acceptors (Lipinski definition) is 1. The van der Waals surface area contributed by atoms with Gasteiger partial charge in [-0.1, -0.05) is 20.3 Å². The van der Waals surface area contributed by atoms with E-state index in [1.807, 2.05) is 0 Å². The Hall–Kier alpha value is -0.330. The van der Waals surface area contributed by atoms with Crippen molar-refractivity contribution < 1.29 is 0 Å². The summed E-state index contributed by atoms with van der Waals surface area (Å²) in [5, 5.41) is 0. The lowest BCUT2D eigenvalue weighted by molar-refractivity contribution is 0.461. The first-order chi connectivity index (χ1) is 4.63. The zero-order valence-corrected chi connectivity index (χ0v) is 7.28. The summed E-state index contributed by atoms with van der Waals surface area (Å²) < 4.78 is 0. The summed E-state index contributed by atoms with van der Waals surface area (Å²) in [6.45, 7) is 7.79. The lowest BCUT2D eigenvalue weighted by atomic mass is 9.84. The van der Waals surface area contributed by atoms with Gasteiger partial charge in [-0.25, -0.2) is 0 Å². The van der Waals surface area contributed by atoms with E-state index in [-0.39, 0.29) is 0 Å². The van der Waals surface area contributed by atoms with Crippen LogP contribution in [-0.2, 0) is 0 Å². The van der Waals surface area contributed by atoms with Crippen LogP contribution in [0.3, 0.4) is 0 Å². The van der Waals surface area contributed by atoms with Crippen molar-refractivity contribution >= 4 is 5.71 Å². The minimum absolute atomic E-state index is 0.372. The Morgan fingerprint density at radius 3 is 2.70 bits per heavy atom. The van der Waals surface area contributed by atoms with Crippen LogP contribution in [0.1, 0.15) is 40.0 Å². The Balaban J connectivity index is 2.70. The van der Waals surface area contributed by atoms with E-state index in [4.69, 9.17) is 0 Å². The van der Waals surface area contributed by atoms with Gasteiger partial charge in [0.1, 0.15) is 0 Å². The van der Waals surface area contributed by atoms with Gasteiger partial charge >= 0.3 is 0 Å². The summed E-state index contributed by atoms with van der Waals surface area (Å²) in [4.78, 5) is 4.49. The molecule has 0 N–H and O–H groups in total. The van der Waals surface area contributed by atoms with Gasteiger partial charge in [-0.05, 0) is 19.8 Å². The molecule has 1 nitrogen and oxygen atoms in total. The Kier molecular flexibility index (Phi) is 2.12. The maximum absolute atomic E-state index is 4.49. The molecule has 1 aliphatic heterocycles. The molecular formula is C9H17N. The molecule has 0 aromatic carbocycles. The first-order valence-corrected chi connectivity index (χ1v) is 4.14. The van der Waals surface area contributed by atoms with Gasteiger partial charge in [0.25, 0.3) is 0 Å². The number of rotatable bonds is 0. The van der Waals surface area contributed by atoms with Crippen LogP contribution in [0.25, 0.3) is 0 Å². The highest BCUT2D eigenvalue weighted by molar-refractivity contribution is 5.87. The molecular weight excluding hydrogens is 122 g/mol. The molecule has 0 unspecified atom stereocenters. The summed E-state index contributed by atoms with van der Waals surface area (Å²) in [7, 11) is 0. The van der Waals surface area contributed by atoms with Crippen molar-refractivity contribution in [1.29, 1.82) is 0 Å². The van der Waals surface area contributed by atoms with Gasteiger partial charge in [0.2, 0.25) is 0 Å². The largest absolute Gasteiger partial charge is 0.294 e. The normalized spacial score (nSPS) is 25.3. The van der Waals surface area contributed by atoms with Crippen molar-refractivity contribution in [3.05, 3.63) is 0 Å². The van der Waals surface area contributed by atoms with Crippen LogP contribution >= 0.6 is 0 Å². The van der Waals surface area contributed by atoms with Crippen LogP contribution in [0, 0.1) is 5.41 Å². The second kappa shape index (κ2) is 2.73. The van der Waals surface area contributed by atoms with E-state index in [1.165, 1.54) is 25.0 Å². The first kappa shape index (κ1) is 7.77. The number of aliphatic imine (C=N–C) groups is 1. The predicted molar refractivity (Wildman–Crippen MR) is 45.6 cm³/mol. The van der Waals surface area contributed by atoms with Gasteiger partial charge in [0.15, 0.2) is 0 Å². The van der Waals surface area contributed by atoms with E-state index < -0.39 is 0 Å². The molecule has 0 saturated carbocycles. The van der Waals surface area contributed by atoms with Gasteiger partial charge in [-0.2, -0.15) is 0 Å². The van der Waals surface area contributed by atoms with E-state index in [2.05, 4.69) is 25.8 Å². The zero-order chi connectivity index (χ0) is 7.61. The van der Waals surface area contributed by atoms with Crippen LogP contribution in [-0.4, -0.2) is 12.3 Å². The molecule has 0 amide bonds. The molecule has 58 valence electrons. The zero-order valence-electron chi connectivity index (χ0n) is 7.28. The minimum atomic E-state index is 0.372. The monoisotopic (exact) mass is 139 g/mol. The summed E-state index contributed by atoms with van der Waals surface area (Å²) in [5.74, 6) is 0. The van der Waals surface area contributed by atoms with Gasteiger partial charge in [-0.15, -0.1) is 0 Å². The Morgan fingerprint density at radius 2 is 2.00 bits per heavy atom. The molecule has 0 radical (unpaired) electrons. The highest BCUT2D eigenvalue weighted by atomic mass is 14.7. The predicted octanol–water partition coefficient (Wildman–Crippen LogP) is 2.66. The van der Waals surface area contributed by atoms with Gasteiger partial charge in [0, 0.05) is 17.7 Å². The highest BCUT2D eigenvalue weighted by Crippen LogP contribution is 2.27. The second-order valence-electron chi connectivity index (χ2n) is 3.81. The van der Waals surface area contributed by atoms with Crippen molar-refractivity contribution in [3.63, 3.8) is 0 Å². The average molecular weight is 139 g/mol. The standard InChI is InChI=1S/C9H17N/c1-8-9(2,3)6-4-5-7-10-8/h4-7H2,1-3H3. The fraction of sp³-hybridized carbons (Fsp3) is 0.889. The van der Waals surface area contributed by atoms with Crippen LogP contribution < -0.4 is 0 Å². The Morgan fingerprint density at radius 1 is 1.30 bits per heavy atom. The minimum Gasteiger partial charge on any atom is -0.294 e. The molecule has 0 aromatic rings. The highest BCUT2D eigenvalue weighted by Gasteiger charge is 2.22. The Bertz CT molecular complexity index is 145. The molecule has 1 heterocycles. The molecule has 0 saturated heterocycles. The number of nitrogens with zero attached hydrogens (tertiary/aromatic N) is 1. The Labute approximate surface area is 63.5 Å². The quantitative estimate of drug-likeness (QED) is 0.489. The molecule has 1 heteroatoms. The third-order valence-corrected chi connectivity index (χ3v) is 2.54. The van der Waals surface area contributed by atoms with Crippen LogP contribution in [0.5, 0.6) is 0 Å². The smallest absolute Gasteiger partial charge is 0.0388 e. The van der Waals surface area contributed by atoms with Crippen molar-refractivity contribution in [2.75, 3.05) is 6.54 Å².